The number of rotatable bonds is 6. The fourth-order valence-electron chi connectivity index (χ4n) is 1.38. The molecule has 0 saturated carbocycles. The van der Waals surface area contributed by atoms with Gasteiger partial charge in [-0.05, 0) is 0 Å². The lowest BCUT2D eigenvalue weighted by Crippen LogP contribution is -2.41. The van der Waals surface area contributed by atoms with E-state index in [9.17, 15) is 8.42 Å². The van der Waals surface area contributed by atoms with E-state index in [4.69, 9.17) is 9.84 Å². The molecule has 0 bridgehead atoms. The number of aliphatic hydroxyl groups is 1. The zero-order valence-electron chi connectivity index (χ0n) is 8.68. The second-order valence-electron chi connectivity index (χ2n) is 3.39. The lowest BCUT2D eigenvalue weighted by Gasteiger charge is -2.26. The second-order valence-corrected chi connectivity index (χ2v) is 5.32. The Morgan fingerprint density at radius 3 is 2.60 bits per heavy atom. The Morgan fingerprint density at radius 2 is 2.00 bits per heavy atom. The van der Waals surface area contributed by atoms with E-state index < -0.39 is 10.0 Å². The molecule has 1 aliphatic rings. The molecule has 2 N–H and O–H groups in total. The number of ether oxygens (including phenoxy) is 1. The molecule has 6 nitrogen and oxygen atoms in total. The number of nitrogens with zero attached hydrogens (tertiary/aromatic N) is 1. The molecule has 0 aromatic rings. The van der Waals surface area contributed by atoms with Crippen LogP contribution in [0.25, 0.3) is 0 Å². The molecule has 1 saturated heterocycles. The summed E-state index contributed by atoms with van der Waals surface area (Å²) >= 11 is 0. The van der Waals surface area contributed by atoms with Gasteiger partial charge < -0.3 is 9.84 Å². The second kappa shape index (κ2) is 6.39. The summed E-state index contributed by atoms with van der Waals surface area (Å²) < 4.78 is 29.9. The van der Waals surface area contributed by atoms with E-state index >= 15 is 0 Å². The minimum atomic E-state index is -3.29. The van der Waals surface area contributed by atoms with Gasteiger partial charge >= 0.3 is 0 Å². The van der Waals surface area contributed by atoms with Crippen LogP contribution in [0.1, 0.15) is 0 Å². The molecular weight excluding hydrogens is 220 g/mol. The van der Waals surface area contributed by atoms with Crippen LogP contribution in [0.5, 0.6) is 0 Å². The van der Waals surface area contributed by atoms with E-state index in [2.05, 4.69) is 9.62 Å². The summed E-state index contributed by atoms with van der Waals surface area (Å²) in [5.74, 6) is -0.226. The summed E-state index contributed by atoms with van der Waals surface area (Å²) in [4.78, 5) is 2.14. The van der Waals surface area contributed by atoms with E-state index in [0.717, 1.165) is 13.1 Å². The third-order valence-electron chi connectivity index (χ3n) is 2.21. The average molecular weight is 238 g/mol. The van der Waals surface area contributed by atoms with Crippen molar-refractivity contribution in [2.24, 2.45) is 0 Å². The predicted molar refractivity (Wildman–Crippen MR) is 56.1 cm³/mol. The molecule has 90 valence electrons. The lowest BCUT2D eigenvalue weighted by molar-refractivity contribution is 0.0390. The van der Waals surface area contributed by atoms with Gasteiger partial charge in [-0.1, -0.05) is 0 Å². The zero-order valence-corrected chi connectivity index (χ0v) is 9.50. The van der Waals surface area contributed by atoms with E-state index in [1.807, 2.05) is 0 Å². The number of nitrogens with one attached hydrogen (secondary N) is 1. The third kappa shape index (κ3) is 5.43. The first-order chi connectivity index (χ1) is 7.14. The van der Waals surface area contributed by atoms with Crippen LogP contribution in [0.2, 0.25) is 0 Å². The summed E-state index contributed by atoms with van der Waals surface area (Å²) in [6.07, 6.45) is 0. The first kappa shape index (κ1) is 12.9. The summed E-state index contributed by atoms with van der Waals surface area (Å²) in [6, 6.07) is 0. The molecule has 15 heavy (non-hydrogen) atoms. The molecule has 1 aliphatic heterocycles. The molecule has 0 aliphatic carbocycles. The van der Waals surface area contributed by atoms with Gasteiger partial charge in [-0.2, -0.15) is 0 Å². The first-order valence-corrected chi connectivity index (χ1v) is 6.67. The van der Waals surface area contributed by atoms with E-state index in [0.29, 0.717) is 26.3 Å². The molecule has 1 fully saturated rings. The number of hydrogen-bond donors (Lipinski definition) is 2. The Kier molecular flexibility index (Phi) is 5.48. The molecule has 0 radical (unpaired) electrons. The Bertz CT molecular complexity index is 262. The molecule has 0 unspecified atom stereocenters. The first-order valence-electron chi connectivity index (χ1n) is 5.02. The van der Waals surface area contributed by atoms with Crippen LogP contribution in [-0.4, -0.2) is 70.2 Å². The topological polar surface area (TPSA) is 78.9 Å². The predicted octanol–water partition coefficient (Wildman–Crippen LogP) is -1.77. The number of aliphatic hydroxyl groups excluding tert-OH is 1. The molecule has 1 rings (SSSR count). The Morgan fingerprint density at radius 1 is 1.33 bits per heavy atom. The maximum Gasteiger partial charge on any atom is 0.213 e. The molecular formula is C8H18N2O4S. The summed E-state index contributed by atoms with van der Waals surface area (Å²) in [7, 11) is -3.29. The quantitative estimate of drug-likeness (QED) is 0.572. The van der Waals surface area contributed by atoms with Crippen molar-refractivity contribution in [3.8, 4) is 0 Å². The maximum atomic E-state index is 11.2. The van der Waals surface area contributed by atoms with Crippen LogP contribution in [-0.2, 0) is 14.8 Å². The minimum absolute atomic E-state index is 0.226. The monoisotopic (exact) mass is 238 g/mol. The van der Waals surface area contributed by atoms with E-state index in [1.165, 1.54) is 0 Å². The van der Waals surface area contributed by atoms with Crippen LogP contribution < -0.4 is 4.72 Å². The van der Waals surface area contributed by atoms with Gasteiger partial charge in [0, 0.05) is 26.2 Å². The van der Waals surface area contributed by atoms with Gasteiger partial charge in [0.1, 0.15) is 0 Å². The van der Waals surface area contributed by atoms with Crippen molar-refractivity contribution in [2.75, 3.05) is 51.8 Å². The Labute approximate surface area is 90.3 Å². The van der Waals surface area contributed by atoms with Crippen LogP contribution in [0.3, 0.4) is 0 Å². The Balaban J connectivity index is 2.14. The van der Waals surface area contributed by atoms with Crippen molar-refractivity contribution in [3.63, 3.8) is 0 Å². The van der Waals surface area contributed by atoms with Crippen molar-refractivity contribution >= 4 is 10.0 Å². The van der Waals surface area contributed by atoms with Crippen molar-refractivity contribution in [2.45, 2.75) is 0 Å². The normalized spacial score (nSPS) is 19.3. The van der Waals surface area contributed by atoms with Crippen LogP contribution in [0.15, 0.2) is 0 Å². The standard InChI is InChI=1S/C8H18N2O4S/c11-5-8-15(12,13)9-1-2-10-3-6-14-7-4-10/h9,11H,1-8H2. The Hall–Kier alpha value is -0.210. The number of sulfonamides is 1. The van der Waals surface area contributed by atoms with Gasteiger partial charge in [-0.3, -0.25) is 4.90 Å². The highest BCUT2D eigenvalue weighted by molar-refractivity contribution is 7.89. The summed E-state index contributed by atoms with van der Waals surface area (Å²) in [5.41, 5.74) is 0. The lowest BCUT2D eigenvalue weighted by atomic mass is 10.4. The van der Waals surface area contributed by atoms with Crippen molar-refractivity contribution in [3.05, 3.63) is 0 Å². The largest absolute Gasteiger partial charge is 0.395 e. The van der Waals surface area contributed by atoms with E-state index in [-0.39, 0.29) is 12.4 Å². The minimum Gasteiger partial charge on any atom is -0.395 e. The van der Waals surface area contributed by atoms with Crippen LogP contribution in [0, 0.1) is 0 Å². The van der Waals surface area contributed by atoms with Crippen molar-refractivity contribution in [1.29, 1.82) is 0 Å². The van der Waals surface area contributed by atoms with Gasteiger partial charge in [-0.25, -0.2) is 13.1 Å². The fourth-order valence-corrected chi connectivity index (χ4v) is 2.16. The van der Waals surface area contributed by atoms with Gasteiger partial charge in [0.2, 0.25) is 10.0 Å². The van der Waals surface area contributed by atoms with Crippen molar-refractivity contribution < 1.29 is 18.3 Å². The van der Waals surface area contributed by atoms with E-state index in [1.54, 1.807) is 0 Å². The van der Waals surface area contributed by atoms with Crippen LogP contribution >= 0.6 is 0 Å². The zero-order chi connectivity index (χ0) is 11.1. The molecule has 0 spiro atoms. The highest BCUT2D eigenvalue weighted by Crippen LogP contribution is 1.95. The van der Waals surface area contributed by atoms with Gasteiger partial charge in [0.05, 0.1) is 25.6 Å². The molecule has 0 atom stereocenters. The highest BCUT2D eigenvalue weighted by Gasteiger charge is 2.12. The molecule has 0 aromatic carbocycles. The highest BCUT2D eigenvalue weighted by atomic mass is 32.2. The van der Waals surface area contributed by atoms with Gasteiger partial charge in [-0.15, -0.1) is 0 Å². The molecule has 0 amide bonds. The molecule has 1 heterocycles. The van der Waals surface area contributed by atoms with Gasteiger partial charge in [0.25, 0.3) is 0 Å². The summed E-state index contributed by atoms with van der Waals surface area (Å²) in [5, 5.41) is 8.50. The fraction of sp³-hybridized carbons (Fsp3) is 1.00. The SMILES string of the molecule is O=S(=O)(CCO)NCCN1CCOCC1. The molecule has 0 aromatic heterocycles. The number of hydrogen-bond acceptors (Lipinski definition) is 5. The molecule has 7 heteroatoms. The van der Waals surface area contributed by atoms with Crippen molar-refractivity contribution in [1.82, 2.24) is 9.62 Å². The number of morpholine rings is 1. The third-order valence-corrected chi connectivity index (χ3v) is 3.58. The summed E-state index contributed by atoms with van der Waals surface area (Å²) in [6.45, 7) is 3.86. The van der Waals surface area contributed by atoms with Crippen LogP contribution in [0.4, 0.5) is 0 Å². The smallest absolute Gasteiger partial charge is 0.213 e. The maximum absolute atomic E-state index is 11.2. The average Bonchev–Trinajstić information content (AvgIpc) is 2.19. The van der Waals surface area contributed by atoms with Gasteiger partial charge in [0.15, 0.2) is 0 Å².